The van der Waals surface area contributed by atoms with Crippen LogP contribution in [0, 0.1) is 17.2 Å². The molecule has 0 aromatic heterocycles. The molecule has 3 nitrogen and oxygen atoms in total. The second-order valence-electron chi connectivity index (χ2n) is 3.45. The van der Waals surface area contributed by atoms with Gasteiger partial charge in [0.1, 0.15) is 0 Å². The lowest BCUT2D eigenvalue weighted by Gasteiger charge is -2.34. The summed E-state index contributed by atoms with van der Waals surface area (Å²) < 4.78 is 0. The molecule has 2 unspecified atom stereocenters. The Kier molecular flexibility index (Phi) is 3.51. The summed E-state index contributed by atoms with van der Waals surface area (Å²) in [7, 11) is 0. The molecule has 0 amide bonds. The van der Waals surface area contributed by atoms with Crippen LogP contribution >= 0.6 is 0 Å². The van der Waals surface area contributed by atoms with E-state index in [1.165, 1.54) is 0 Å². The summed E-state index contributed by atoms with van der Waals surface area (Å²) in [4.78, 5) is 2.27. The van der Waals surface area contributed by atoms with Gasteiger partial charge in [-0.3, -0.25) is 4.90 Å². The highest BCUT2D eigenvalue weighted by Crippen LogP contribution is 2.19. The second-order valence-corrected chi connectivity index (χ2v) is 3.45. The maximum atomic E-state index is 8.70. The van der Waals surface area contributed by atoms with Gasteiger partial charge in [-0.1, -0.05) is 6.92 Å². The number of likely N-dealkylation sites (tertiary alicyclic amines) is 1. The Balaban J connectivity index is 2.38. The van der Waals surface area contributed by atoms with E-state index in [2.05, 4.69) is 17.9 Å². The van der Waals surface area contributed by atoms with Crippen molar-refractivity contribution in [2.75, 3.05) is 13.1 Å². The van der Waals surface area contributed by atoms with Crippen molar-refractivity contribution in [1.82, 2.24) is 4.90 Å². The smallest absolute Gasteiger partial charge is 0.0657 e. The summed E-state index contributed by atoms with van der Waals surface area (Å²) in [5.74, 6) is 0.188. The van der Waals surface area contributed by atoms with Crippen LogP contribution in [0.25, 0.3) is 0 Å². The number of hydrogen-bond donors (Lipinski definition) is 1. The van der Waals surface area contributed by atoms with Gasteiger partial charge in [-0.05, 0) is 25.8 Å². The largest absolute Gasteiger partial charge is 0.316 e. The van der Waals surface area contributed by atoms with E-state index in [0.29, 0.717) is 0 Å². The fraction of sp³-hybridized carbons (Fsp3) is 0.889. The van der Waals surface area contributed by atoms with Crippen molar-refractivity contribution in [3.05, 3.63) is 0 Å². The molecule has 0 bridgehead atoms. The molecule has 0 aromatic rings. The first kappa shape index (κ1) is 9.50. The summed E-state index contributed by atoms with van der Waals surface area (Å²) in [5.41, 5.74) is 5.91. The average Bonchev–Trinajstić information content (AvgIpc) is 2.09. The lowest BCUT2D eigenvalue weighted by molar-refractivity contribution is 0.133. The van der Waals surface area contributed by atoms with Crippen LogP contribution < -0.4 is 5.73 Å². The summed E-state index contributed by atoms with van der Waals surface area (Å²) in [6, 6.07) is 2.29. The first-order valence-electron chi connectivity index (χ1n) is 4.67. The fourth-order valence-electron chi connectivity index (χ4n) is 1.73. The number of piperidine rings is 1. The van der Waals surface area contributed by atoms with Gasteiger partial charge in [-0.25, -0.2) is 0 Å². The highest BCUT2D eigenvalue weighted by molar-refractivity contribution is 4.90. The number of hydrogen-bond acceptors (Lipinski definition) is 3. The maximum absolute atomic E-state index is 8.70. The van der Waals surface area contributed by atoms with Crippen LogP contribution in [0.1, 0.15) is 26.2 Å². The van der Waals surface area contributed by atoms with Gasteiger partial charge < -0.3 is 5.73 Å². The summed E-state index contributed by atoms with van der Waals surface area (Å²) in [6.45, 7) is 4.22. The zero-order chi connectivity index (χ0) is 8.97. The van der Waals surface area contributed by atoms with E-state index in [0.717, 1.165) is 32.4 Å². The van der Waals surface area contributed by atoms with Crippen LogP contribution in [-0.4, -0.2) is 24.2 Å². The normalized spacial score (nSPS) is 31.4. The maximum Gasteiger partial charge on any atom is 0.0657 e. The minimum absolute atomic E-state index is 0.114. The number of rotatable bonds is 2. The minimum atomic E-state index is 0.114. The molecule has 1 heterocycles. The molecule has 2 N–H and O–H groups in total. The molecule has 1 rings (SSSR count). The first-order chi connectivity index (χ1) is 5.77. The van der Waals surface area contributed by atoms with Crippen molar-refractivity contribution in [1.29, 1.82) is 5.26 Å². The Morgan fingerprint density at radius 3 is 2.92 bits per heavy atom. The first-order valence-corrected chi connectivity index (χ1v) is 4.67. The van der Waals surface area contributed by atoms with Crippen LogP contribution in [-0.2, 0) is 0 Å². The summed E-state index contributed by atoms with van der Waals surface area (Å²) in [6.07, 6.45) is 3.09. The van der Waals surface area contributed by atoms with Crippen LogP contribution in [0.3, 0.4) is 0 Å². The van der Waals surface area contributed by atoms with E-state index in [1.807, 2.05) is 0 Å². The fourth-order valence-corrected chi connectivity index (χ4v) is 1.73. The minimum Gasteiger partial charge on any atom is -0.316 e. The molecule has 0 radical (unpaired) electrons. The molecule has 0 aromatic carbocycles. The third-order valence-electron chi connectivity index (χ3n) is 2.45. The zero-order valence-corrected chi connectivity index (χ0v) is 7.66. The highest BCUT2D eigenvalue weighted by Gasteiger charge is 2.24. The number of nitrogens with two attached hydrogens (primary N) is 1. The SMILES string of the molecule is CCCN1CCC(C#N)CC1N. The van der Waals surface area contributed by atoms with Gasteiger partial charge in [-0.15, -0.1) is 0 Å². The topological polar surface area (TPSA) is 53.0 Å². The molecule has 1 saturated heterocycles. The van der Waals surface area contributed by atoms with Crippen molar-refractivity contribution < 1.29 is 0 Å². The van der Waals surface area contributed by atoms with Gasteiger partial charge in [-0.2, -0.15) is 5.26 Å². The average molecular weight is 167 g/mol. The zero-order valence-electron chi connectivity index (χ0n) is 7.66. The van der Waals surface area contributed by atoms with Gasteiger partial charge in [0.25, 0.3) is 0 Å². The summed E-state index contributed by atoms with van der Waals surface area (Å²) >= 11 is 0. The van der Waals surface area contributed by atoms with Gasteiger partial charge in [0.15, 0.2) is 0 Å². The van der Waals surface area contributed by atoms with Crippen molar-refractivity contribution in [3.8, 4) is 6.07 Å². The predicted octanol–water partition coefficient (Wildman–Crippen LogP) is 0.917. The Hall–Kier alpha value is -0.590. The molecule has 2 atom stereocenters. The van der Waals surface area contributed by atoms with E-state index < -0.39 is 0 Å². The lowest BCUT2D eigenvalue weighted by Crippen LogP contribution is -2.47. The molecule has 1 fully saturated rings. The van der Waals surface area contributed by atoms with E-state index in [4.69, 9.17) is 11.0 Å². The highest BCUT2D eigenvalue weighted by atomic mass is 15.2. The second kappa shape index (κ2) is 4.44. The molecule has 0 spiro atoms. The van der Waals surface area contributed by atoms with E-state index in [9.17, 15) is 0 Å². The molecular weight excluding hydrogens is 150 g/mol. The van der Waals surface area contributed by atoms with Crippen LogP contribution in [0.15, 0.2) is 0 Å². The molecular formula is C9H17N3. The molecule has 1 aliphatic rings. The Labute approximate surface area is 74.1 Å². The summed E-state index contributed by atoms with van der Waals surface area (Å²) in [5, 5.41) is 8.70. The molecule has 1 aliphatic heterocycles. The van der Waals surface area contributed by atoms with Crippen LogP contribution in [0.4, 0.5) is 0 Å². The number of nitrogens with zero attached hydrogens (tertiary/aromatic N) is 2. The molecule has 68 valence electrons. The van der Waals surface area contributed by atoms with E-state index in [1.54, 1.807) is 0 Å². The van der Waals surface area contributed by atoms with Crippen LogP contribution in [0.5, 0.6) is 0 Å². The van der Waals surface area contributed by atoms with Crippen molar-refractivity contribution in [2.45, 2.75) is 32.4 Å². The molecule has 0 saturated carbocycles. The Bertz CT molecular complexity index is 173. The van der Waals surface area contributed by atoms with Crippen molar-refractivity contribution >= 4 is 0 Å². The molecule has 3 heteroatoms. The predicted molar refractivity (Wildman–Crippen MR) is 48.2 cm³/mol. The monoisotopic (exact) mass is 167 g/mol. The van der Waals surface area contributed by atoms with Gasteiger partial charge in [0.05, 0.1) is 18.2 Å². The number of nitriles is 1. The third kappa shape index (κ3) is 2.20. The molecule has 0 aliphatic carbocycles. The molecule has 12 heavy (non-hydrogen) atoms. The van der Waals surface area contributed by atoms with Gasteiger partial charge >= 0.3 is 0 Å². The van der Waals surface area contributed by atoms with E-state index in [-0.39, 0.29) is 12.1 Å². The van der Waals surface area contributed by atoms with Gasteiger partial charge in [0.2, 0.25) is 0 Å². The quantitative estimate of drug-likeness (QED) is 0.665. The van der Waals surface area contributed by atoms with Crippen LogP contribution in [0.2, 0.25) is 0 Å². The Morgan fingerprint density at radius 2 is 2.42 bits per heavy atom. The lowest BCUT2D eigenvalue weighted by atomic mass is 9.96. The van der Waals surface area contributed by atoms with Crippen molar-refractivity contribution in [3.63, 3.8) is 0 Å². The van der Waals surface area contributed by atoms with Crippen molar-refractivity contribution in [2.24, 2.45) is 11.7 Å². The van der Waals surface area contributed by atoms with Gasteiger partial charge in [0, 0.05) is 6.54 Å². The Morgan fingerprint density at radius 1 is 1.67 bits per heavy atom. The standard InChI is InChI=1S/C9H17N3/c1-2-4-12-5-3-8(7-10)6-9(12)11/h8-9H,2-6,11H2,1H3. The third-order valence-corrected chi connectivity index (χ3v) is 2.45. The van der Waals surface area contributed by atoms with E-state index >= 15 is 0 Å².